The number of halogens is 2. The average molecular weight is 450 g/mol. The van der Waals surface area contributed by atoms with E-state index in [1.54, 1.807) is 11.9 Å². The highest BCUT2D eigenvalue weighted by molar-refractivity contribution is 6.03. The van der Waals surface area contributed by atoms with Crippen molar-refractivity contribution < 1.29 is 18.3 Å². The third-order valence-corrected chi connectivity index (χ3v) is 6.89. The summed E-state index contributed by atoms with van der Waals surface area (Å²) in [7, 11) is 1.72. The van der Waals surface area contributed by atoms with Crippen molar-refractivity contribution in [3.63, 3.8) is 0 Å². The molecule has 0 radical (unpaired) electrons. The third kappa shape index (κ3) is 3.62. The predicted molar refractivity (Wildman–Crippen MR) is 117 cm³/mol. The number of amides is 1. The zero-order valence-electron chi connectivity index (χ0n) is 18.3. The molecule has 1 saturated heterocycles. The van der Waals surface area contributed by atoms with Gasteiger partial charge in [0.05, 0.1) is 29.6 Å². The van der Waals surface area contributed by atoms with E-state index < -0.39 is 11.6 Å². The van der Waals surface area contributed by atoms with Crippen molar-refractivity contribution in [1.82, 2.24) is 19.7 Å². The number of carbonyl (C=O) groups excluding carboxylic acids is 1. The van der Waals surface area contributed by atoms with Crippen LogP contribution in [0.15, 0.2) is 36.7 Å². The lowest BCUT2D eigenvalue weighted by atomic mass is 9.88. The quantitative estimate of drug-likeness (QED) is 0.574. The standard InChI is InChI=1S/C25H24F2N4O2/c1-30-12-15-8-21(29-24(23(15)25(30)32)19-5-2-17(26)10-20(19)27)14-6-7-33-22(9-14)16-11-28-31(13-16)18-3-4-18/h2,5,8,10-11,13-14,18,22H,3-4,6-7,9,12H2,1H3/t14-,22-/m1/s1. The zero-order chi connectivity index (χ0) is 22.7. The molecule has 2 aliphatic heterocycles. The van der Waals surface area contributed by atoms with Gasteiger partial charge in [-0.25, -0.2) is 8.78 Å². The number of nitrogens with zero attached hydrogens (tertiary/aromatic N) is 4. The summed E-state index contributed by atoms with van der Waals surface area (Å²) in [5.74, 6) is -1.48. The van der Waals surface area contributed by atoms with E-state index in [0.717, 1.165) is 35.7 Å². The molecule has 1 aromatic carbocycles. The minimum atomic E-state index is -0.721. The van der Waals surface area contributed by atoms with E-state index in [2.05, 4.69) is 11.3 Å². The Morgan fingerprint density at radius 2 is 2.00 bits per heavy atom. The van der Waals surface area contributed by atoms with Gasteiger partial charge in [-0.2, -0.15) is 5.10 Å². The number of hydrogen-bond donors (Lipinski definition) is 0. The van der Waals surface area contributed by atoms with E-state index >= 15 is 0 Å². The summed E-state index contributed by atoms with van der Waals surface area (Å²) < 4.78 is 36.4. The molecule has 4 heterocycles. The number of hydrogen-bond acceptors (Lipinski definition) is 4. The van der Waals surface area contributed by atoms with Gasteiger partial charge in [-0.05, 0) is 49.4 Å². The first-order valence-electron chi connectivity index (χ1n) is 11.4. The molecule has 0 bridgehead atoms. The fourth-order valence-electron chi connectivity index (χ4n) is 4.94. The zero-order valence-corrected chi connectivity index (χ0v) is 18.3. The molecule has 2 fully saturated rings. The van der Waals surface area contributed by atoms with Crippen LogP contribution in [0, 0.1) is 11.6 Å². The molecule has 0 spiro atoms. The van der Waals surface area contributed by atoms with Crippen LogP contribution in [0.3, 0.4) is 0 Å². The largest absolute Gasteiger partial charge is 0.373 e. The van der Waals surface area contributed by atoms with Crippen LogP contribution in [-0.2, 0) is 11.3 Å². The molecule has 0 N–H and O–H groups in total. The van der Waals surface area contributed by atoms with Crippen molar-refractivity contribution in [3.8, 4) is 11.3 Å². The fraction of sp³-hybridized carbons (Fsp3) is 0.400. The lowest BCUT2D eigenvalue weighted by Gasteiger charge is -2.29. The van der Waals surface area contributed by atoms with E-state index in [4.69, 9.17) is 9.72 Å². The van der Waals surface area contributed by atoms with Crippen molar-refractivity contribution in [2.24, 2.45) is 0 Å². The summed E-state index contributed by atoms with van der Waals surface area (Å²) >= 11 is 0. The maximum Gasteiger partial charge on any atom is 0.256 e. The van der Waals surface area contributed by atoms with Gasteiger partial charge < -0.3 is 9.64 Å². The van der Waals surface area contributed by atoms with Crippen molar-refractivity contribution in [2.75, 3.05) is 13.7 Å². The molecule has 170 valence electrons. The second-order valence-corrected chi connectivity index (χ2v) is 9.28. The third-order valence-electron chi connectivity index (χ3n) is 6.89. The number of pyridine rings is 1. The molecule has 3 aromatic rings. The molecule has 8 heteroatoms. The van der Waals surface area contributed by atoms with Crippen LogP contribution < -0.4 is 0 Å². The van der Waals surface area contributed by atoms with Crippen molar-refractivity contribution in [2.45, 2.75) is 50.3 Å². The Hall–Kier alpha value is -3.13. The predicted octanol–water partition coefficient (Wildman–Crippen LogP) is 4.78. The summed E-state index contributed by atoms with van der Waals surface area (Å²) in [5.41, 5.74) is 3.55. The van der Waals surface area contributed by atoms with E-state index in [1.807, 2.05) is 16.9 Å². The molecular formula is C25H24F2N4O2. The van der Waals surface area contributed by atoms with Gasteiger partial charge in [-0.3, -0.25) is 14.5 Å². The molecule has 2 aromatic heterocycles. The van der Waals surface area contributed by atoms with Gasteiger partial charge in [0.1, 0.15) is 11.6 Å². The average Bonchev–Trinajstić information content (AvgIpc) is 3.46. The molecule has 1 saturated carbocycles. The van der Waals surface area contributed by atoms with Gasteiger partial charge in [-0.15, -0.1) is 0 Å². The number of aromatic nitrogens is 3. The van der Waals surface area contributed by atoms with Gasteiger partial charge >= 0.3 is 0 Å². The number of ether oxygens (including phenoxy) is 1. The molecular weight excluding hydrogens is 426 g/mol. The first-order chi connectivity index (χ1) is 16.0. The van der Waals surface area contributed by atoms with Crippen molar-refractivity contribution >= 4 is 5.91 Å². The lowest BCUT2D eigenvalue weighted by molar-refractivity contribution is 0.00459. The molecule has 6 nitrogen and oxygen atoms in total. The Bertz CT molecular complexity index is 1250. The highest BCUT2D eigenvalue weighted by atomic mass is 19.1. The Labute approximate surface area is 190 Å². The molecule has 1 aliphatic carbocycles. The SMILES string of the molecule is CN1Cc2cc([C@@H]3CCO[C@@H](c4cnn(C5CC5)c4)C3)nc(-c3ccc(F)cc3F)c2C1=O. The van der Waals surface area contributed by atoms with E-state index in [9.17, 15) is 13.6 Å². The normalized spacial score (nSPS) is 22.6. The molecule has 33 heavy (non-hydrogen) atoms. The minimum absolute atomic E-state index is 0.0818. The van der Waals surface area contributed by atoms with Gasteiger partial charge in [0.15, 0.2) is 0 Å². The van der Waals surface area contributed by atoms with E-state index in [0.29, 0.717) is 30.5 Å². The van der Waals surface area contributed by atoms with Crippen LogP contribution in [0.5, 0.6) is 0 Å². The topological polar surface area (TPSA) is 60.2 Å². The molecule has 2 atom stereocenters. The second-order valence-electron chi connectivity index (χ2n) is 9.28. The van der Waals surface area contributed by atoms with E-state index in [1.165, 1.54) is 25.0 Å². The van der Waals surface area contributed by atoms with Crippen LogP contribution >= 0.6 is 0 Å². The summed E-state index contributed by atoms with van der Waals surface area (Å²) in [4.78, 5) is 19.2. The highest BCUT2D eigenvalue weighted by Gasteiger charge is 2.34. The van der Waals surface area contributed by atoms with Crippen LogP contribution in [0.2, 0.25) is 0 Å². The molecule has 3 aliphatic rings. The number of carbonyl (C=O) groups is 1. The van der Waals surface area contributed by atoms with Crippen LogP contribution in [0.1, 0.15) is 70.9 Å². The monoisotopic (exact) mass is 450 g/mol. The Balaban J connectivity index is 1.37. The smallest absolute Gasteiger partial charge is 0.256 e. The summed E-state index contributed by atoms with van der Waals surface area (Å²) in [6.07, 6.45) is 7.74. The molecule has 1 amide bonds. The summed E-state index contributed by atoms with van der Waals surface area (Å²) in [6, 6.07) is 5.88. The van der Waals surface area contributed by atoms with Crippen LogP contribution in [-0.4, -0.2) is 39.2 Å². The highest BCUT2D eigenvalue weighted by Crippen LogP contribution is 2.41. The van der Waals surface area contributed by atoms with Gasteiger partial charge in [0, 0.05) is 55.2 Å². The Morgan fingerprint density at radius 3 is 2.79 bits per heavy atom. The first-order valence-corrected chi connectivity index (χ1v) is 11.4. The first kappa shape index (κ1) is 20.5. The minimum Gasteiger partial charge on any atom is -0.373 e. The molecule has 0 unspecified atom stereocenters. The van der Waals surface area contributed by atoms with Crippen molar-refractivity contribution in [3.05, 3.63) is 70.7 Å². The van der Waals surface area contributed by atoms with E-state index in [-0.39, 0.29) is 23.5 Å². The Morgan fingerprint density at radius 1 is 1.15 bits per heavy atom. The Kier molecular flexibility index (Phi) is 4.79. The summed E-state index contributed by atoms with van der Waals surface area (Å²) in [6.45, 7) is 1.03. The van der Waals surface area contributed by atoms with Gasteiger partial charge in [0.2, 0.25) is 0 Å². The number of fused-ring (bicyclic) bond motifs is 1. The van der Waals surface area contributed by atoms with Gasteiger partial charge in [0.25, 0.3) is 5.91 Å². The number of rotatable bonds is 4. The van der Waals surface area contributed by atoms with Gasteiger partial charge in [-0.1, -0.05) is 0 Å². The number of benzene rings is 1. The van der Waals surface area contributed by atoms with Crippen LogP contribution in [0.4, 0.5) is 8.78 Å². The van der Waals surface area contributed by atoms with Crippen LogP contribution in [0.25, 0.3) is 11.3 Å². The van der Waals surface area contributed by atoms with Crippen molar-refractivity contribution in [1.29, 1.82) is 0 Å². The fourth-order valence-corrected chi connectivity index (χ4v) is 4.94. The maximum atomic E-state index is 14.7. The summed E-state index contributed by atoms with van der Waals surface area (Å²) in [5, 5.41) is 4.49. The molecule has 6 rings (SSSR count). The lowest BCUT2D eigenvalue weighted by Crippen LogP contribution is -2.20. The second kappa shape index (κ2) is 7.73. The maximum absolute atomic E-state index is 14.7.